The van der Waals surface area contributed by atoms with E-state index in [4.69, 9.17) is 0 Å². The molecule has 1 rings (SSSR count). The molecular weight excluding hydrogens is 214 g/mol. The highest BCUT2D eigenvalue weighted by atomic mass is 16.3. The Morgan fingerprint density at radius 2 is 1.82 bits per heavy atom. The second-order valence-electron chi connectivity index (χ2n) is 4.24. The van der Waals surface area contributed by atoms with Crippen LogP contribution in [0.3, 0.4) is 0 Å². The summed E-state index contributed by atoms with van der Waals surface area (Å²) in [7, 11) is 0. The number of amides is 1. The van der Waals surface area contributed by atoms with Crippen LogP contribution >= 0.6 is 0 Å². The summed E-state index contributed by atoms with van der Waals surface area (Å²) in [5.41, 5.74) is 3.40. The zero-order valence-electron chi connectivity index (χ0n) is 11.1. The van der Waals surface area contributed by atoms with Gasteiger partial charge in [-0.3, -0.25) is 4.79 Å². The van der Waals surface area contributed by atoms with Gasteiger partial charge in [0.15, 0.2) is 0 Å². The second kappa shape index (κ2) is 5.82. The summed E-state index contributed by atoms with van der Waals surface area (Å²) >= 11 is 0. The maximum atomic E-state index is 12.3. The van der Waals surface area contributed by atoms with Crippen molar-refractivity contribution in [2.24, 2.45) is 0 Å². The molecule has 0 unspecified atom stereocenters. The minimum atomic E-state index is -0.0888. The van der Waals surface area contributed by atoms with E-state index >= 15 is 0 Å². The van der Waals surface area contributed by atoms with Gasteiger partial charge in [-0.1, -0.05) is 11.6 Å². The van der Waals surface area contributed by atoms with Crippen molar-refractivity contribution in [2.45, 2.75) is 34.3 Å². The fourth-order valence-electron chi connectivity index (χ4n) is 2.08. The highest BCUT2D eigenvalue weighted by Crippen LogP contribution is 2.19. The number of carbonyl (C=O) groups excluding carboxylic acids is 1. The zero-order chi connectivity index (χ0) is 13.0. The van der Waals surface area contributed by atoms with E-state index in [1.54, 1.807) is 4.90 Å². The number of aryl methyl sites for hydroxylation is 2. The van der Waals surface area contributed by atoms with Gasteiger partial charge in [-0.2, -0.15) is 0 Å². The summed E-state index contributed by atoms with van der Waals surface area (Å²) in [5, 5.41) is 9.40. The number of aliphatic hydroxyl groups excluding tert-OH is 1. The molecule has 0 spiro atoms. The van der Waals surface area contributed by atoms with E-state index in [2.05, 4.69) is 0 Å². The monoisotopic (exact) mass is 235 g/mol. The van der Waals surface area contributed by atoms with E-state index in [1.165, 1.54) is 0 Å². The number of hydrogen-bond donors (Lipinski definition) is 1. The summed E-state index contributed by atoms with van der Waals surface area (Å²) < 4.78 is 0. The first-order chi connectivity index (χ1) is 8.04. The van der Waals surface area contributed by atoms with E-state index in [0.29, 0.717) is 18.7 Å². The van der Waals surface area contributed by atoms with Gasteiger partial charge in [-0.25, -0.2) is 0 Å². The van der Waals surface area contributed by atoms with Crippen molar-refractivity contribution in [1.82, 2.24) is 4.90 Å². The Bertz CT molecular complexity index is 409. The van der Waals surface area contributed by atoms with Gasteiger partial charge in [0.25, 0.3) is 5.91 Å². The Kier molecular flexibility index (Phi) is 4.70. The molecular formula is C14H21NO2. The first-order valence-corrected chi connectivity index (χ1v) is 6.05. The predicted octanol–water partition coefficient (Wildman–Crippen LogP) is 2.28. The van der Waals surface area contributed by atoms with E-state index in [-0.39, 0.29) is 12.5 Å². The maximum absolute atomic E-state index is 12.3. The van der Waals surface area contributed by atoms with Crippen LogP contribution in [-0.4, -0.2) is 29.0 Å². The minimum absolute atomic E-state index is 0.00542. The lowest BCUT2D eigenvalue weighted by Crippen LogP contribution is -2.31. The number of aliphatic hydroxyl groups is 1. The quantitative estimate of drug-likeness (QED) is 0.869. The third kappa shape index (κ3) is 2.86. The molecule has 94 valence electrons. The van der Waals surface area contributed by atoms with E-state index in [0.717, 1.165) is 16.7 Å². The number of nitrogens with zero attached hydrogens (tertiary/aromatic N) is 1. The van der Waals surface area contributed by atoms with Crippen molar-refractivity contribution in [3.63, 3.8) is 0 Å². The van der Waals surface area contributed by atoms with Crippen LogP contribution in [-0.2, 0) is 6.61 Å². The summed E-state index contributed by atoms with van der Waals surface area (Å²) in [4.78, 5) is 14.1. The Morgan fingerprint density at radius 1 is 1.24 bits per heavy atom. The summed E-state index contributed by atoms with van der Waals surface area (Å²) in [6, 6.07) is 3.85. The Hall–Kier alpha value is -1.35. The molecule has 0 radical (unpaired) electrons. The molecule has 1 aromatic carbocycles. The van der Waals surface area contributed by atoms with Crippen molar-refractivity contribution >= 4 is 5.91 Å². The third-order valence-corrected chi connectivity index (χ3v) is 3.06. The first kappa shape index (κ1) is 13.7. The van der Waals surface area contributed by atoms with E-state index < -0.39 is 0 Å². The minimum Gasteiger partial charge on any atom is -0.392 e. The second-order valence-corrected chi connectivity index (χ2v) is 4.24. The van der Waals surface area contributed by atoms with E-state index in [1.807, 2.05) is 39.8 Å². The molecule has 0 atom stereocenters. The van der Waals surface area contributed by atoms with Crippen LogP contribution in [0.4, 0.5) is 0 Å². The molecule has 0 aliphatic rings. The highest BCUT2D eigenvalue weighted by molar-refractivity contribution is 5.96. The molecule has 0 aliphatic heterocycles. The first-order valence-electron chi connectivity index (χ1n) is 6.05. The highest BCUT2D eigenvalue weighted by Gasteiger charge is 2.17. The van der Waals surface area contributed by atoms with Crippen molar-refractivity contribution in [2.75, 3.05) is 13.1 Å². The number of carbonyl (C=O) groups is 1. The summed E-state index contributed by atoms with van der Waals surface area (Å²) in [5.74, 6) is 0.00542. The van der Waals surface area contributed by atoms with Crippen LogP contribution in [0.5, 0.6) is 0 Å². The topological polar surface area (TPSA) is 40.5 Å². The third-order valence-electron chi connectivity index (χ3n) is 3.06. The molecule has 0 bridgehead atoms. The normalized spacial score (nSPS) is 10.4. The van der Waals surface area contributed by atoms with Gasteiger partial charge < -0.3 is 10.0 Å². The average Bonchev–Trinajstić information content (AvgIpc) is 2.29. The molecule has 1 amide bonds. The van der Waals surface area contributed by atoms with Crippen LogP contribution in [0.2, 0.25) is 0 Å². The van der Waals surface area contributed by atoms with Crippen LogP contribution < -0.4 is 0 Å². The Morgan fingerprint density at radius 3 is 2.29 bits per heavy atom. The lowest BCUT2D eigenvalue weighted by Gasteiger charge is -2.21. The van der Waals surface area contributed by atoms with Crippen molar-refractivity contribution < 1.29 is 9.90 Å². The molecule has 0 aromatic heterocycles. The fraction of sp³-hybridized carbons (Fsp3) is 0.500. The Balaban J connectivity index is 3.24. The van der Waals surface area contributed by atoms with Gasteiger partial charge in [0.1, 0.15) is 0 Å². The van der Waals surface area contributed by atoms with Crippen molar-refractivity contribution in [3.05, 3.63) is 34.4 Å². The molecule has 17 heavy (non-hydrogen) atoms. The predicted molar refractivity (Wildman–Crippen MR) is 69.1 cm³/mol. The van der Waals surface area contributed by atoms with Crippen LogP contribution in [0.25, 0.3) is 0 Å². The van der Waals surface area contributed by atoms with Gasteiger partial charge in [0.05, 0.1) is 6.61 Å². The SMILES string of the molecule is CCN(CC)C(=O)c1cc(C)cc(C)c1CO. The smallest absolute Gasteiger partial charge is 0.254 e. The standard InChI is InChI=1S/C14H21NO2/c1-5-15(6-2)14(17)12-8-10(3)7-11(4)13(12)9-16/h7-8,16H,5-6,9H2,1-4H3. The van der Waals surface area contributed by atoms with Gasteiger partial charge in [0, 0.05) is 18.7 Å². The largest absolute Gasteiger partial charge is 0.392 e. The molecule has 3 heteroatoms. The van der Waals surface area contributed by atoms with Gasteiger partial charge in [-0.05, 0) is 44.9 Å². The van der Waals surface area contributed by atoms with Gasteiger partial charge in [0.2, 0.25) is 0 Å². The fourth-order valence-corrected chi connectivity index (χ4v) is 2.08. The van der Waals surface area contributed by atoms with Crippen molar-refractivity contribution in [1.29, 1.82) is 0 Å². The average molecular weight is 235 g/mol. The van der Waals surface area contributed by atoms with Crippen LogP contribution in [0, 0.1) is 13.8 Å². The molecule has 1 aromatic rings. The molecule has 0 fully saturated rings. The van der Waals surface area contributed by atoms with E-state index in [9.17, 15) is 9.90 Å². The van der Waals surface area contributed by atoms with Crippen molar-refractivity contribution in [3.8, 4) is 0 Å². The number of hydrogen-bond acceptors (Lipinski definition) is 2. The van der Waals surface area contributed by atoms with Gasteiger partial charge in [-0.15, -0.1) is 0 Å². The molecule has 0 heterocycles. The maximum Gasteiger partial charge on any atom is 0.254 e. The number of rotatable bonds is 4. The van der Waals surface area contributed by atoms with Crippen LogP contribution in [0.15, 0.2) is 12.1 Å². The molecule has 0 saturated heterocycles. The summed E-state index contributed by atoms with van der Waals surface area (Å²) in [6.07, 6.45) is 0. The van der Waals surface area contributed by atoms with Crippen LogP contribution in [0.1, 0.15) is 40.9 Å². The van der Waals surface area contributed by atoms with Gasteiger partial charge >= 0.3 is 0 Å². The molecule has 0 aliphatic carbocycles. The lowest BCUT2D eigenvalue weighted by molar-refractivity contribution is 0.0769. The summed E-state index contributed by atoms with van der Waals surface area (Å²) in [6.45, 7) is 9.10. The molecule has 0 saturated carbocycles. The number of benzene rings is 1. The Labute approximate surface area is 103 Å². The molecule has 3 nitrogen and oxygen atoms in total. The molecule has 1 N–H and O–H groups in total. The lowest BCUT2D eigenvalue weighted by atomic mass is 9.98. The zero-order valence-corrected chi connectivity index (χ0v) is 11.1.